The van der Waals surface area contributed by atoms with Gasteiger partial charge in [0.25, 0.3) is 0 Å². The van der Waals surface area contributed by atoms with Crippen molar-refractivity contribution in [2.75, 3.05) is 6.54 Å². The monoisotopic (exact) mass is 395 g/mol. The van der Waals surface area contributed by atoms with E-state index in [0.29, 0.717) is 19.4 Å². The Kier molecular flexibility index (Phi) is 7.58. The van der Waals surface area contributed by atoms with Crippen LogP contribution >= 0.6 is 31.9 Å². The predicted octanol–water partition coefficient (Wildman–Crippen LogP) is 4.37. The highest BCUT2D eigenvalue weighted by molar-refractivity contribution is 9.25. The maximum atomic E-state index is 12.1. The van der Waals surface area contributed by atoms with Crippen LogP contribution in [-0.4, -0.2) is 26.5 Å². The molecule has 0 radical (unpaired) electrons. The molecule has 1 heterocycles. The molecule has 0 saturated carbocycles. The van der Waals surface area contributed by atoms with Gasteiger partial charge < -0.3 is 0 Å². The van der Waals surface area contributed by atoms with Crippen LogP contribution in [0.1, 0.15) is 64.7 Å². The zero-order valence-corrected chi connectivity index (χ0v) is 14.8. The summed E-state index contributed by atoms with van der Waals surface area (Å²) in [6.45, 7) is 2.74. The summed E-state index contributed by atoms with van der Waals surface area (Å²) >= 11 is 7.00. The van der Waals surface area contributed by atoms with Gasteiger partial charge in [0.2, 0.25) is 11.8 Å². The van der Waals surface area contributed by atoms with Crippen LogP contribution in [0.3, 0.4) is 0 Å². The molecular formula is C14H23Br2NO2. The topological polar surface area (TPSA) is 37.4 Å². The molecule has 0 aromatic rings. The van der Waals surface area contributed by atoms with Crippen LogP contribution in [0, 0.1) is 0 Å². The third-order valence-electron chi connectivity index (χ3n) is 3.43. The highest BCUT2D eigenvalue weighted by atomic mass is 79.9. The molecule has 0 atom stereocenters. The first-order valence-corrected chi connectivity index (χ1v) is 8.76. The van der Waals surface area contributed by atoms with Gasteiger partial charge in [-0.25, -0.2) is 0 Å². The van der Waals surface area contributed by atoms with Crippen LogP contribution in [0.15, 0.2) is 0 Å². The lowest BCUT2D eigenvalue weighted by molar-refractivity contribution is -0.144. The summed E-state index contributed by atoms with van der Waals surface area (Å²) in [4.78, 5) is 25.6. The average Bonchev–Trinajstić information content (AvgIpc) is 2.46. The molecular weight excluding hydrogens is 374 g/mol. The van der Waals surface area contributed by atoms with Crippen molar-refractivity contribution in [3.05, 3.63) is 0 Å². The highest BCUT2D eigenvalue weighted by Gasteiger charge is 2.34. The number of imide groups is 1. The predicted molar refractivity (Wildman–Crippen MR) is 84.5 cm³/mol. The van der Waals surface area contributed by atoms with Crippen molar-refractivity contribution in [1.29, 1.82) is 0 Å². The van der Waals surface area contributed by atoms with Crippen LogP contribution in [0.5, 0.6) is 0 Å². The summed E-state index contributed by atoms with van der Waals surface area (Å²) in [5.74, 6) is -0.0657. The van der Waals surface area contributed by atoms with Gasteiger partial charge in [-0.3, -0.25) is 14.5 Å². The maximum absolute atomic E-state index is 12.1. The first-order chi connectivity index (χ1) is 8.96. The Balaban J connectivity index is 2.37. The number of unbranched alkanes of at least 4 members (excludes halogenated alkanes) is 4. The molecule has 1 aliphatic rings. The molecule has 0 bridgehead atoms. The van der Waals surface area contributed by atoms with Gasteiger partial charge in [-0.1, -0.05) is 64.5 Å². The van der Waals surface area contributed by atoms with Gasteiger partial charge in [-0.15, -0.1) is 0 Å². The zero-order chi connectivity index (χ0) is 14.3. The lowest BCUT2D eigenvalue weighted by Crippen LogP contribution is -2.37. The van der Waals surface area contributed by atoms with Gasteiger partial charge in [0.1, 0.15) is 0 Å². The standard InChI is InChI=1S/C14H23Br2NO2/c1-2-3-4-5-6-8-12(18)17-10-7-9-14(15,16)11-13(17)19/h2-11H2,1H3. The van der Waals surface area contributed by atoms with Crippen LogP contribution < -0.4 is 0 Å². The van der Waals surface area contributed by atoms with Crippen molar-refractivity contribution < 1.29 is 9.59 Å². The lowest BCUT2D eigenvalue weighted by atomic mass is 10.1. The van der Waals surface area contributed by atoms with E-state index >= 15 is 0 Å². The van der Waals surface area contributed by atoms with E-state index in [0.717, 1.165) is 25.7 Å². The van der Waals surface area contributed by atoms with Crippen LogP contribution in [0.2, 0.25) is 0 Å². The number of alkyl halides is 2. The molecule has 0 aliphatic carbocycles. The molecule has 1 fully saturated rings. The summed E-state index contributed by atoms with van der Waals surface area (Å²) in [6.07, 6.45) is 8.16. The third kappa shape index (κ3) is 6.39. The lowest BCUT2D eigenvalue weighted by Gasteiger charge is -2.19. The van der Waals surface area contributed by atoms with E-state index in [2.05, 4.69) is 38.8 Å². The minimum Gasteiger partial charge on any atom is -0.283 e. The number of nitrogens with zero attached hydrogens (tertiary/aromatic N) is 1. The fourth-order valence-electron chi connectivity index (χ4n) is 2.30. The summed E-state index contributed by atoms with van der Waals surface area (Å²) in [7, 11) is 0. The van der Waals surface area contributed by atoms with Crippen molar-refractivity contribution in [2.24, 2.45) is 0 Å². The second-order valence-corrected chi connectivity index (χ2v) is 9.34. The first kappa shape index (κ1) is 17.2. The largest absolute Gasteiger partial charge is 0.283 e. The molecule has 1 saturated heterocycles. The Morgan fingerprint density at radius 2 is 1.95 bits per heavy atom. The number of likely N-dealkylation sites (tertiary alicyclic amines) is 1. The molecule has 19 heavy (non-hydrogen) atoms. The quantitative estimate of drug-likeness (QED) is 0.493. The molecule has 5 heteroatoms. The van der Waals surface area contributed by atoms with Crippen molar-refractivity contribution in [3.63, 3.8) is 0 Å². The zero-order valence-electron chi connectivity index (χ0n) is 11.6. The molecule has 110 valence electrons. The third-order valence-corrected chi connectivity index (χ3v) is 4.78. The van der Waals surface area contributed by atoms with Crippen LogP contribution in [0.4, 0.5) is 0 Å². The van der Waals surface area contributed by atoms with Crippen molar-refractivity contribution >= 4 is 43.7 Å². The van der Waals surface area contributed by atoms with E-state index in [1.54, 1.807) is 0 Å². The molecule has 0 aromatic carbocycles. The SMILES string of the molecule is CCCCCCCC(=O)N1CCCC(Br)(Br)CC1=O. The molecule has 1 aliphatic heterocycles. The number of halogens is 2. The number of amides is 2. The minimum absolute atomic E-state index is 0.000742. The van der Waals surface area contributed by atoms with Gasteiger partial charge in [-0.05, 0) is 19.3 Å². The minimum atomic E-state index is -0.326. The Labute approximate surface area is 132 Å². The maximum Gasteiger partial charge on any atom is 0.231 e. The molecule has 0 N–H and O–H groups in total. The number of rotatable bonds is 6. The summed E-state index contributed by atoms with van der Waals surface area (Å²) in [5, 5.41) is 0. The Hall–Kier alpha value is 0.1000. The van der Waals surface area contributed by atoms with E-state index in [4.69, 9.17) is 0 Å². The van der Waals surface area contributed by atoms with E-state index in [1.165, 1.54) is 24.2 Å². The summed E-state index contributed by atoms with van der Waals surface area (Å²) in [5.41, 5.74) is 0. The Morgan fingerprint density at radius 1 is 1.26 bits per heavy atom. The second-order valence-electron chi connectivity index (χ2n) is 5.24. The number of carbonyl (C=O) groups excluding carboxylic acids is 2. The van der Waals surface area contributed by atoms with E-state index in [9.17, 15) is 9.59 Å². The van der Waals surface area contributed by atoms with Gasteiger partial charge in [-0.2, -0.15) is 0 Å². The number of hydrogen-bond donors (Lipinski definition) is 0. The molecule has 3 nitrogen and oxygen atoms in total. The smallest absolute Gasteiger partial charge is 0.231 e. The second kappa shape index (κ2) is 8.40. The van der Waals surface area contributed by atoms with Gasteiger partial charge in [0, 0.05) is 13.0 Å². The van der Waals surface area contributed by atoms with Crippen molar-refractivity contribution in [3.8, 4) is 0 Å². The first-order valence-electron chi connectivity index (χ1n) is 7.17. The molecule has 0 unspecified atom stereocenters. The van der Waals surface area contributed by atoms with Crippen molar-refractivity contribution in [2.45, 2.75) is 67.9 Å². The molecule has 0 spiro atoms. The number of hydrogen-bond acceptors (Lipinski definition) is 2. The van der Waals surface area contributed by atoms with Gasteiger partial charge in [0.15, 0.2) is 0 Å². The molecule has 0 aromatic heterocycles. The Bertz CT molecular complexity index is 319. The highest BCUT2D eigenvalue weighted by Crippen LogP contribution is 2.37. The van der Waals surface area contributed by atoms with E-state index in [1.807, 2.05) is 0 Å². The summed E-state index contributed by atoms with van der Waals surface area (Å²) < 4.78 is -0.326. The normalized spacial score (nSPS) is 19.3. The Morgan fingerprint density at radius 3 is 2.63 bits per heavy atom. The van der Waals surface area contributed by atoms with E-state index < -0.39 is 0 Å². The molecule has 2 amide bonds. The van der Waals surface area contributed by atoms with Gasteiger partial charge in [0.05, 0.1) is 9.65 Å². The van der Waals surface area contributed by atoms with Gasteiger partial charge >= 0.3 is 0 Å². The van der Waals surface area contributed by atoms with Crippen LogP contribution in [-0.2, 0) is 9.59 Å². The molecule has 1 rings (SSSR count). The summed E-state index contributed by atoms with van der Waals surface area (Å²) in [6, 6.07) is 0. The average molecular weight is 397 g/mol. The fraction of sp³-hybridized carbons (Fsp3) is 0.857. The number of carbonyl (C=O) groups is 2. The fourth-order valence-corrected chi connectivity index (χ4v) is 3.34. The van der Waals surface area contributed by atoms with Crippen molar-refractivity contribution in [1.82, 2.24) is 4.90 Å². The van der Waals surface area contributed by atoms with E-state index in [-0.39, 0.29) is 15.0 Å². The van der Waals surface area contributed by atoms with Crippen LogP contribution in [0.25, 0.3) is 0 Å².